The molecular formula is C15H29Cl2N3OS. The minimum Gasteiger partial charge on any atom is -0.336 e. The molecule has 0 aliphatic heterocycles. The zero-order valence-electron chi connectivity index (χ0n) is 13.5. The minimum absolute atomic E-state index is 0. The summed E-state index contributed by atoms with van der Waals surface area (Å²) in [4.78, 5) is 17.8. The normalized spacial score (nSPS) is 10.0. The maximum atomic E-state index is 12.3. The van der Waals surface area contributed by atoms with Gasteiger partial charge in [-0.25, -0.2) is 0 Å². The van der Waals surface area contributed by atoms with Crippen LogP contribution in [-0.4, -0.2) is 48.4 Å². The van der Waals surface area contributed by atoms with Crippen molar-refractivity contribution in [3.8, 4) is 0 Å². The Labute approximate surface area is 150 Å². The molecule has 0 saturated carbocycles. The first-order chi connectivity index (χ1) is 9.71. The highest BCUT2D eigenvalue weighted by Gasteiger charge is 2.14. The molecule has 0 aliphatic rings. The predicted octanol–water partition coefficient (Wildman–Crippen LogP) is 3.00. The minimum atomic E-state index is 0. The molecule has 0 aromatic carbocycles. The first-order valence-corrected chi connectivity index (χ1v) is 8.31. The topological polar surface area (TPSA) is 49.6 Å². The highest BCUT2D eigenvalue weighted by Crippen LogP contribution is 2.13. The SMILES string of the molecule is CCN(CC)CCN(Cc1cccs1)C(=O)CCCN.Cl.Cl. The molecule has 0 saturated heterocycles. The van der Waals surface area contributed by atoms with Crippen LogP contribution in [0.1, 0.15) is 31.6 Å². The molecule has 4 nitrogen and oxygen atoms in total. The number of halogens is 2. The van der Waals surface area contributed by atoms with E-state index in [4.69, 9.17) is 5.73 Å². The fourth-order valence-electron chi connectivity index (χ4n) is 2.10. The molecule has 0 unspecified atom stereocenters. The van der Waals surface area contributed by atoms with Crippen LogP contribution >= 0.6 is 36.2 Å². The summed E-state index contributed by atoms with van der Waals surface area (Å²) in [6.07, 6.45) is 1.32. The standard InChI is InChI=1S/C15H27N3OS.2ClH/c1-3-17(4-2)10-11-18(15(19)8-5-9-16)13-14-7-6-12-20-14;;/h6-7,12H,3-5,8-11,13,16H2,1-2H3;2*1H. The van der Waals surface area contributed by atoms with E-state index >= 15 is 0 Å². The van der Waals surface area contributed by atoms with Gasteiger partial charge < -0.3 is 15.5 Å². The number of nitrogens with zero attached hydrogens (tertiary/aromatic N) is 2. The van der Waals surface area contributed by atoms with Gasteiger partial charge in [-0.1, -0.05) is 19.9 Å². The van der Waals surface area contributed by atoms with Gasteiger partial charge >= 0.3 is 0 Å². The third-order valence-electron chi connectivity index (χ3n) is 3.45. The van der Waals surface area contributed by atoms with E-state index < -0.39 is 0 Å². The van der Waals surface area contributed by atoms with Crippen molar-refractivity contribution in [3.05, 3.63) is 22.4 Å². The van der Waals surface area contributed by atoms with E-state index in [-0.39, 0.29) is 30.7 Å². The van der Waals surface area contributed by atoms with Crippen LogP contribution in [0.4, 0.5) is 0 Å². The molecule has 1 rings (SSSR count). The largest absolute Gasteiger partial charge is 0.336 e. The van der Waals surface area contributed by atoms with Crippen molar-refractivity contribution in [3.63, 3.8) is 0 Å². The molecule has 7 heteroatoms. The van der Waals surface area contributed by atoms with Crippen molar-refractivity contribution in [2.75, 3.05) is 32.7 Å². The van der Waals surface area contributed by atoms with Crippen molar-refractivity contribution in [2.24, 2.45) is 5.73 Å². The van der Waals surface area contributed by atoms with Crippen LogP contribution in [0.2, 0.25) is 0 Å². The molecule has 22 heavy (non-hydrogen) atoms. The smallest absolute Gasteiger partial charge is 0.222 e. The molecule has 2 N–H and O–H groups in total. The maximum absolute atomic E-state index is 12.3. The lowest BCUT2D eigenvalue weighted by Crippen LogP contribution is -2.38. The van der Waals surface area contributed by atoms with E-state index in [1.165, 1.54) is 4.88 Å². The van der Waals surface area contributed by atoms with Gasteiger partial charge in [0.1, 0.15) is 0 Å². The summed E-state index contributed by atoms with van der Waals surface area (Å²) < 4.78 is 0. The van der Waals surface area contributed by atoms with Crippen LogP contribution in [0.15, 0.2) is 17.5 Å². The van der Waals surface area contributed by atoms with Crippen LogP contribution in [0.3, 0.4) is 0 Å². The summed E-state index contributed by atoms with van der Waals surface area (Å²) in [6.45, 7) is 9.40. The molecule has 130 valence electrons. The third-order valence-corrected chi connectivity index (χ3v) is 4.32. The van der Waals surface area contributed by atoms with E-state index in [0.29, 0.717) is 13.0 Å². The van der Waals surface area contributed by atoms with Gasteiger partial charge in [-0.15, -0.1) is 36.2 Å². The molecule has 0 fully saturated rings. The Morgan fingerprint density at radius 3 is 2.41 bits per heavy atom. The van der Waals surface area contributed by atoms with Crippen LogP contribution in [0.5, 0.6) is 0 Å². The van der Waals surface area contributed by atoms with Crippen molar-refractivity contribution in [2.45, 2.75) is 33.2 Å². The van der Waals surface area contributed by atoms with E-state index in [1.54, 1.807) is 11.3 Å². The highest BCUT2D eigenvalue weighted by molar-refractivity contribution is 7.09. The van der Waals surface area contributed by atoms with E-state index in [9.17, 15) is 4.79 Å². The number of thiophene rings is 1. The summed E-state index contributed by atoms with van der Waals surface area (Å²) in [5, 5.41) is 2.06. The van der Waals surface area contributed by atoms with Crippen molar-refractivity contribution >= 4 is 42.1 Å². The summed E-state index contributed by atoms with van der Waals surface area (Å²) in [6, 6.07) is 4.12. The fourth-order valence-corrected chi connectivity index (χ4v) is 2.82. The van der Waals surface area contributed by atoms with Gasteiger partial charge in [0.25, 0.3) is 0 Å². The Morgan fingerprint density at radius 1 is 1.23 bits per heavy atom. The number of carbonyl (C=O) groups is 1. The van der Waals surface area contributed by atoms with E-state index in [0.717, 1.165) is 39.1 Å². The highest BCUT2D eigenvalue weighted by atomic mass is 35.5. The van der Waals surface area contributed by atoms with Gasteiger partial charge in [-0.3, -0.25) is 4.79 Å². The Bertz CT molecular complexity index is 373. The number of rotatable bonds is 10. The van der Waals surface area contributed by atoms with Gasteiger partial charge in [0, 0.05) is 24.4 Å². The van der Waals surface area contributed by atoms with Crippen molar-refractivity contribution in [1.82, 2.24) is 9.80 Å². The summed E-state index contributed by atoms with van der Waals surface area (Å²) in [5.41, 5.74) is 5.50. The molecule has 1 heterocycles. The second-order valence-electron chi connectivity index (χ2n) is 4.81. The van der Waals surface area contributed by atoms with Crippen LogP contribution in [0, 0.1) is 0 Å². The Hall–Kier alpha value is -0.330. The van der Waals surface area contributed by atoms with Gasteiger partial charge in [0.2, 0.25) is 5.91 Å². The number of amides is 1. The zero-order chi connectivity index (χ0) is 14.8. The average Bonchev–Trinajstić information content (AvgIpc) is 2.97. The average molecular weight is 370 g/mol. The number of nitrogens with two attached hydrogens (primary N) is 1. The quantitative estimate of drug-likeness (QED) is 0.689. The molecule has 0 bridgehead atoms. The lowest BCUT2D eigenvalue weighted by atomic mass is 10.2. The van der Waals surface area contributed by atoms with Gasteiger partial charge in [0.15, 0.2) is 0 Å². The molecule has 0 atom stereocenters. The Balaban J connectivity index is 0. The number of hydrogen-bond acceptors (Lipinski definition) is 4. The maximum Gasteiger partial charge on any atom is 0.222 e. The first-order valence-electron chi connectivity index (χ1n) is 7.43. The monoisotopic (exact) mass is 369 g/mol. The molecule has 0 spiro atoms. The van der Waals surface area contributed by atoms with Gasteiger partial charge in [0.05, 0.1) is 6.54 Å². The fraction of sp³-hybridized carbons (Fsp3) is 0.667. The van der Waals surface area contributed by atoms with Crippen molar-refractivity contribution < 1.29 is 4.79 Å². The van der Waals surface area contributed by atoms with Crippen molar-refractivity contribution in [1.29, 1.82) is 0 Å². The lowest BCUT2D eigenvalue weighted by Gasteiger charge is -2.26. The Morgan fingerprint density at radius 2 is 1.91 bits per heavy atom. The third kappa shape index (κ3) is 8.96. The van der Waals surface area contributed by atoms with Crippen LogP contribution in [0.25, 0.3) is 0 Å². The second kappa shape index (κ2) is 14.3. The number of hydrogen-bond donors (Lipinski definition) is 1. The summed E-state index contributed by atoms with van der Waals surface area (Å²) in [7, 11) is 0. The number of likely N-dealkylation sites (N-methyl/N-ethyl adjacent to an activating group) is 1. The van der Waals surface area contributed by atoms with Gasteiger partial charge in [-0.05, 0) is 37.5 Å². The molecule has 1 amide bonds. The van der Waals surface area contributed by atoms with Crippen LogP contribution < -0.4 is 5.73 Å². The molecule has 1 aromatic heterocycles. The lowest BCUT2D eigenvalue weighted by molar-refractivity contribution is -0.132. The molecular weight excluding hydrogens is 341 g/mol. The van der Waals surface area contributed by atoms with Gasteiger partial charge in [-0.2, -0.15) is 0 Å². The number of carbonyl (C=O) groups excluding carboxylic acids is 1. The molecule has 0 aliphatic carbocycles. The first kappa shape index (κ1) is 23.9. The molecule has 0 radical (unpaired) electrons. The summed E-state index contributed by atoms with van der Waals surface area (Å²) >= 11 is 1.71. The predicted molar refractivity (Wildman–Crippen MR) is 100 cm³/mol. The van der Waals surface area contributed by atoms with E-state index in [2.05, 4.69) is 30.2 Å². The Kier molecular flexibility index (Phi) is 15.5. The zero-order valence-corrected chi connectivity index (χ0v) is 15.9. The van der Waals surface area contributed by atoms with E-state index in [1.807, 2.05) is 11.0 Å². The second-order valence-corrected chi connectivity index (χ2v) is 5.85. The molecule has 1 aromatic rings. The summed E-state index contributed by atoms with van der Waals surface area (Å²) in [5.74, 6) is 0.219. The van der Waals surface area contributed by atoms with Crippen LogP contribution in [-0.2, 0) is 11.3 Å².